The summed E-state index contributed by atoms with van der Waals surface area (Å²) >= 11 is 0. The third kappa shape index (κ3) is 3.32. The molecule has 2 aromatic heterocycles. The summed E-state index contributed by atoms with van der Waals surface area (Å²) in [5.74, 6) is 0.0679. The van der Waals surface area contributed by atoms with Crippen LogP contribution >= 0.6 is 0 Å². The van der Waals surface area contributed by atoms with Gasteiger partial charge in [-0.2, -0.15) is 0 Å². The van der Waals surface area contributed by atoms with Gasteiger partial charge in [-0.25, -0.2) is 18.4 Å². The largest absolute Gasteiger partial charge is 0.346 e. The highest BCUT2D eigenvalue weighted by atomic mass is 32.2. The van der Waals surface area contributed by atoms with Gasteiger partial charge >= 0.3 is 0 Å². The third-order valence-electron chi connectivity index (χ3n) is 5.01. The Morgan fingerprint density at radius 3 is 2.67 bits per heavy atom. The van der Waals surface area contributed by atoms with Crippen LogP contribution in [0.25, 0.3) is 22.3 Å². The summed E-state index contributed by atoms with van der Waals surface area (Å²) in [4.78, 5) is 26.2. The van der Waals surface area contributed by atoms with Crippen LogP contribution in [0.5, 0.6) is 0 Å². The van der Waals surface area contributed by atoms with Crippen LogP contribution < -0.4 is 0 Å². The van der Waals surface area contributed by atoms with Crippen molar-refractivity contribution in [3.63, 3.8) is 0 Å². The smallest absolute Gasteiger partial charge is 0.254 e. The molecule has 7 nitrogen and oxygen atoms in total. The van der Waals surface area contributed by atoms with Gasteiger partial charge in [-0.15, -0.1) is 0 Å². The lowest BCUT2D eigenvalue weighted by Gasteiger charge is -2.27. The minimum atomic E-state index is -3.04. The number of hydrogen-bond donors (Lipinski definition) is 1. The molecule has 4 rings (SSSR count). The molecule has 1 saturated heterocycles. The Hall–Kier alpha value is -2.74. The van der Waals surface area contributed by atoms with Gasteiger partial charge in [-0.3, -0.25) is 4.79 Å². The standard InChI is InChI=1S/C19H20N4O3S/c1-2-23(15-8-10-27(25,26)11-15)19(24)14-5-3-13(4-6-14)17-16-7-9-20-18(16)22-12-21-17/h3-7,9,12,15H,2,8,10-11H2,1H3,(H,20,21,22)/t15-/m1/s1. The average molecular weight is 384 g/mol. The summed E-state index contributed by atoms with van der Waals surface area (Å²) < 4.78 is 23.5. The molecule has 0 radical (unpaired) electrons. The maximum atomic E-state index is 12.9. The molecule has 0 aliphatic carbocycles. The Morgan fingerprint density at radius 1 is 1.22 bits per heavy atom. The minimum absolute atomic E-state index is 0.0526. The zero-order valence-corrected chi connectivity index (χ0v) is 15.7. The molecular formula is C19H20N4O3S. The molecule has 3 aromatic rings. The van der Waals surface area contributed by atoms with E-state index in [1.54, 1.807) is 17.0 Å². The highest BCUT2D eigenvalue weighted by Gasteiger charge is 2.34. The number of benzene rings is 1. The van der Waals surface area contributed by atoms with Crippen molar-refractivity contribution in [1.29, 1.82) is 0 Å². The van der Waals surface area contributed by atoms with Crippen molar-refractivity contribution in [2.24, 2.45) is 0 Å². The summed E-state index contributed by atoms with van der Waals surface area (Å²) in [6, 6.07) is 8.94. The van der Waals surface area contributed by atoms with Gasteiger partial charge in [0.2, 0.25) is 0 Å². The molecular weight excluding hydrogens is 364 g/mol. The van der Waals surface area contributed by atoms with Crippen molar-refractivity contribution in [3.8, 4) is 11.3 Å². The highest BCUT2D eigenvalue weighted by molar-refractivity contribution is 7.91. The predicted octanol–water partition coefficient (Wildman–Crippen LogP) is 2.27. The van der Waals surface area contributed by atoms with Gasteiger partial charge in [0.25, 0.3) is 5.91 Å². The van der Waals surface area contributed by atoms with Crippen molar-refractivity contribution in [2.45, 2.75) is 19.4 Å². The predicted molar refractivity (Wildman–Crippen MR) is 103 cm³/mol. The molecule has 0 spiro atoms. The second kappa shape index (κ2) is 6.77. The van der Waals surface area contributed by atoms with E-state index in [1.807, 2.05) is 31.3 Å². The Labute approximate surface area is 157 Å². The molecule has 8 heteroatoms. The number of hydrogen-bond acceptors (Lipinski definition) is 5. The van der Waals surface area contributed by atoms with Crippen molar-refractivity contribution < 1.29 is 13.2 Å². The zero-order valence-electron chi connectivity index (χ0n) is 14.9. The Balaban J connectivity index is 1.60. The fourth-order valence-electron chi connectivity index (χ4n) is 3.63. The van der Waals surface area contributed by atoms with E-state index in [2.05, 4.69) is 15.0 Å². The molecule has 1 atom stereocenters. The average Bonchev–Trinajstić information content (AvgIpc) is 3.28. The maximum absolute atomic E-state index is 12.9. The van der Waals surface area contributed by atoms with Crippen LogP contribution in [-0.2, 0) is 9.84 Å². The third-order valence-corrected chi connectivity index (χ3v) is 6.76. The van der Waals surface area contributed by atoms with Gasteiger partial charge in [-0.05, 0) is 31.5 Å². The van der Waals surface area contributed by atoms with Gasteiger partial charge in [-0.1, -0.05) is 12.1 Å². The summed E-state index contributed by atoms with van der Waals surface area (Å²) in [7, 11) is -3.04. The van der Waals surface area contributed by atoms with Crippen molar-refractivity contribution in [1.82, 2.24) is 19.9 Å². The number of fused-ring (bicyclic) bond motifs is 1. The van der Waals surface area contributed by atoms with Crippen LogP contribution in [0.15, 0.2) is 42.9 Å². The van der Waals surface area contributed by atoms with Crippen LogP contribution in [0.2, 0.25) is 0 Å². The summed E-state index contributed by atoms with van der Waals surface area (Å²) in [5.41, 5.74) is 3.00. The molecule has 1 aromatic carbocycles. The number of aromatic amines is 1. The van der Waals surface area contributed by atoms with Crippen LogP contribution in [0.1, 0.15) is 23.7 Å². The molecule has 1 N–H and O–H groups in total. The lowest BCUT2D eigenvalue weighted by atomic mass is 10.1. The van der Waals surface area contributed by atoms with Crippen LogP contribution in [-0.4, -0.2) is 58.3 Å². The molecule has 27 heavy (non-hydrogen) atoms. The summed E-state index contributed by atoms with van der Waals surface area (Å²) in [5, 5.41) is 0.919. The highest BCUT2D eigenvalue weighted by Crippen LogP contribution is 2.26. The monoisotopic (exact) mass is 384 g/mol. The van der Waals surface area contributed by atoms with Gasteiger partial charge in [0.1, 0.15) is 12.0 Å². The maximum Gasteiger partial charge on any atom is 0.254 e. The second-order valence-electron chi connectivity index (χ2n) is 6.69. The number of H-pyrrole nitrogens is 1. The summed E-state index contributed by atoms with van der Waals surface area (Å²) in [6.45, 7) is 2.36. The first-order chi connectivity index (χ1) is 13.0. The van der Waals surface area contributed by atoms with Crippen molar-refractivity contribution in [3.05, 3.63) is 48.4 Å². The molecule has 0 saturated carbocycles. The molecule has 1 fully saturated rings. The van der Waals surface area contributed by atoms with E-state index in [0.29, 0.717) is 18.5 Å². The first-order valence-corrected chi connectivity index (χ1v) is 10.7. The zero-order chi connectivity index (χ0) is 19.0. The molecule has 140 valence electrons. The first-order valence-electron chi connectivity index (χ1n) is 8.88. The molecule has 3 heterocycles. The Bertz CT molecular complexity index is 1090. The fraction of sp³-hybridized carbons (Fsp3) is 0.316. The molecule has 0 bridgehead atoms. The van der Waals surface area contributed by atoms with E-state index in [9.17, 15) is 13.2 Å². The number of rotatable bonds is 4. The Kier molecular flexibility index (Phi) is 4.43. The quantitative estimate of drug-likeness (QED) is 0.744. The van der Waals surface area contributed by atoms with Gasteiger partial charge < -0.3 is 9.88 Å². The van der Waals surface area contributed by atoms with Crippen LogP contribution in [0, 0.1) is 0 Å². The number of sulfone groups is 1. The minimum Gasteiger partial charge on any atom is -0.346 e. The van der Waals surface area contributed by atoms with E-state index in [4.69, 9.17) is 0 Å². The van der Waals surface area contributed by atoms with Crippen LogP contribution in [0.4, 0.5) is 0 Å². The van der Waals surface area contributed by atoms with E-state index in [-0.39, 0.29) is 23.5 Å². The number of nitrogens with zero attached hydrogens (tertiary/aromatic N) is 3. The SMILES string of the molecule is CCN(C(=O)c1ccc(-c2ncnc3[nH]ccc23)cc1)[C@@H]1CCS(=O)(=O)C1. The topological polar surface area (TPSA) is 96.0 Å². The number of aromatic nitrogens is 3. The Morgan fingerprint density at radius 2 is 2.00 bits per heavy atom. The summed E-state index contributed by atoms with van der Waals surface area (Å²) in [6.07, 6.45) is 3.83. The molecule has 1 amide bonds. The first kappa shape index (κ1) is 17.7. The van der Waals surface area contributed by atoms with E-state index >= 15 is 0 Å². The molecule has 0 unspecified atom stereocenters. The number of nitrogens with one attached hydrogen (secondary N) is 1. The van der Waals surface area contributed by atoms with Gasteiger partial charge in [0, 0.05) is 35.3 Å². The van der Waals surface area contributed by atoms with E-state index < -0.39 is 9.84 Å². The fourth-order valence-corrected chi connectivity index (χ4v) is 5.36. The number of carbonyl (C=O) groups is 1. The number of carbonyl (C=O) groups excluding carboxylic acids is 1. The van der Waals surface area contributed by atoms with Crippen LogP contribution in [0.3, 0.4) is 0 Å². The lowest BCUT2D eigenvalue weighted by molar-refractivity contribution is 0.0708. The van der Waals surface area contributed by atoms with Gasteiger partial charge in [0.05, 0.1) is 17.2 Å². The lowest BCUT2D eigenvalue weighted by Crippen LogP contribution is -2.40. The second-order valence-corrected chi connectivity index (χ2v) is 8.92. The normalized spacial score (nSPS) is 18.6. The molecule has 1 aliphatic rings. The van der Waals surface area contributed by atoms with Crippen molar-refractivity contribution >= 4 is 26.8 Å². The van der Waals surface area contributed by atoms with E-state index in [1.165, 1.54) is 6.33 Å². The number of amides is 1. The van der Waals surface area contributed by atoms with Gasteiger partial charge in [0.15, 0.2) is 9.84 Å². The van der Waals surface area contributed by atoms with Crippen molar-refractivity contribution in [2.75, 3.05) is 18.1 Å². The molecule has 1 aliphatic heterocycles. The van der Waals surface area contributed by atoms with E-state index in [0.717, 1.165) is 22.3 Å².